The van der Waals surface area contributed by atoms with E-state index in [-0.39, 0.29) is 12.6 Å². The van der Waals surface area contributed by atoms with Crippen LogP contribution >= 0.6 is 0 Å². The van der Waals surface area contributed by atoms with Crippen LogP contribution < -0.4 is 16.4 Å². The zero-order chi connectivity index (χ0) is 13.9. The van der Waals surface area contributed by atoms with Crippen LogP contribution in [0.3, 0.4) is 0 Å². The van der Waals surface area contributed by atoms with Crippen molar-refractivity contribution in [1.82, 2.24) is 9.97 Å². The lowest BCUT2D eigenvalue weighted by atomic mass is 10.2. The summed E-state index contributed by atoms with van der Waals surface area (Å²) in [4.78, 5) is 21.6. The molecular formula is C12H21N5O. The zero-order valence-corrected chi connectivity index (χ0v) is 11.4. The maximum absolute atomic E-state index is 11.1. The Kier molecular flexibility index (Phi) is 4.47. The first kappa shape index (κ1) is 14.2. The first-order valence-corrected chi connectivity index (χ1v) is 6.04. The van der Waals surface area contributed by atoms with Crippen LogP contribution in [0.4, 0.5) is 11.6 Å². The highest BCUT2D eigenvalue weighted by Gasteiger charge is 2.19. The van der Waals surface area contributed by atoms with Gasteiger partial charge in [-0.15, -0.1) is 0 Å². The average Bonchev–Trinajstić information content (AvgIpc) is 2.29. The van der Waals surface area contributed by atoms with Crippen LogP contribution in [0.15, 0.2) is 0 Å². The minimum absolute atomic E-state index is 0.107. The number of nitrogens with zero attached hydrogens (tertiary/aromatic N) is 3. The van der Waals surface area contributed by atoms with Crippen molar-refractivity contribution in [1.29, 1.82) is 0 Å². The van der Waals surface area contributed by atoms with Gasteiger partial charge in [-0.3, -0.25) is 4.79 Å². The van der Waals surface area contributed by atoms with Gasteiger partial charge in [-0.05, 0) is 20.8 Å². The smallest absolute Gasteiger partial charge is 0.237 e. The van der Waals surface area contributed by atoms with Crippen LogP contribution in [-0.2, 0) is 11.2 Å². The lowest BCUT2D eigenvalue weighted by molar-refractivity contribution is -0.116. The number of amides is 1. The van der Waals surface area contributed by atoms with E-state index in [0.29, 0.717) is 23.9 Å². The molecule has 1 aromatic heterocycles. The topological polar surface area (TPSA) is 98.1 Å². The van der Waals surface area contributed by atoms with Gasteiger partial charge in [-0.2, -0.15) is 0 Å². The van der Waals surface area contributed by atoms with Gasteiger partial charge in [0, 0.05) is 18.0 Å². The van der Waals surface area contributed by atoms with E-state index in [4.69, 9.17) is 11.5 Å². The van der Waals surface area contributed by atoms with E-state index in [9.17, 15) is 4.79 Å². The van der Waals surface area contributed by atoms with Crippen molar-refractivity contribution in [2.75, 3.05) is 17.2 Å². The minimum atomic E-state index is -0.390. The second-order valence-corrected chi connectivity index (χ2v) is 4.52. The highest BCUT2D eigenvalue weighted by Crippen LogP contribution is 2.23. The van der Waals surface area contributed by atoms with Crippen molar-refractivity contribution in [3.63, 3.8) is 0 Å². The third-order valence-electron chi connectivity index (χ3n) is 2.74. The monoisotopic (exact) mass is 251 g/mol. The molecule has 0 bridgehead atoms. The highest BCUT2D eigenvalue weighted by molar-refractivity contribution is 5.80. The Bertz CT molecular complexity index is 444. The predicted octanol–water partition coefficient (Wildman–Crippen LogP) is 0.630. The molecule has 18 heavy (non-hydrogen) atoms. The molecule has 1 amide bonds. The third kappa shape index (κ3) is 3.09. The Morgan fingerprint density at radius 2 is 2.00 bits per heavy atom. The number of rotatable bonds is 5. The zero-order valence-electron chi connectivity index (χ0n) is 11.4. The quantitative estimate of drug-likeness (QED) is 0.799. The minimum Gasteiger partial charge on any atom is -0.383 e. The van der Waals surface area contributed by atoms with E-state index in [1.807, 2.05) is 32.6 Å². The van der Waals surface area contributed by atoms with Crippen LogP contribution in [0.5, 0.6) is 0 Å². The second-order valence-electron chi connectivity index (χ2n) is 4.52. The summed E-state index contributed by atoms with van der Waals surface area (Å²) in [6.07, 6.45) is 0.694. The number of nitrogen functional groups attached to an aromatic ring is 1. The number of aryl methyl sites for hydroxylation is 1. The maximum Gasteiger partial charge on any atom is 0.237 e. The molecule has 1 aromatic rings. The first-order valence-electron chi connectivity index (χ1n) is 6.04. The summed E-state index contributed by atoms with van der Waals surface area (Å²) in [6.45, 7) is 7.89. The van der Waals surface area contributed by atoms with Gasteiger partial charge in [0.15, 0.2) is 0 Å². The molecule has 1 heterocycles. The lowest BCUT2D eigenvalue weighted by Gasteiger charge is -2.28. The molecule has 6 heteroatoms. The van der Waals surface area contributed by atoms with Gasteiger partial charge in [-0.25, -0.2) is 9.97 Å². The van der Waals surface area contributed by atoms with E-state index in [2.05, 4.69) is 9.97 Å². The molecule has 0 spiro atoms. The van der Waals surface area contributed by atoms with Gasteiger partial charge in [0.25, 0.3) is 0 Å². The highest BCUT2D eigenvalue weighted by atomic mass is 16.1. The fourth-order valence-electron chi connectivity index (χ4n) is 1.68. The van der Waals surface area contributed by atoms with Crippen molar-refractivity contribution in [3.8, 4) is 0 Å². The lowest BCUT2D eigenvalue weighted by Crippen LogP contribution is -2.39. The molecule has 0 saturated carbocycles. The fraction of sp³-hybridized carbons (Fsp3) is 0.583. The summed E-state index contributed by atoms with van der Waals surface area (Å²) in [5.74, 6) is 1.42. The largest absolute Gasteiger partial charge is 0.383 e. The normalized spacial score (nSPS) is 10.7. The van der Waals surface area contributed by atoms with E-state index in [0.717, 1.165) is 5.56 Å². The molecule has 100 valence electrons. The van der Waals surface area contributed by atoms with E-state index >= 15 is 0 Å². The Labute approximate surface area is 107 Å². The summed E-state index contributed by atoms with van der Waals surface area (Å²) in [6, 6.07) is 0.107. The number of aromatic nitrogens is 2. The number of anilines is 2. The predicted molar refractivity (Wildman–Crippen MR) is 72.2 cm³/mol. The third-order valence-corrected chi connectivity index (χ3v) is 2.74. The van der Waals surface area contributed by atoms with Crippen molar-refractivity contribution >= 4 is 17.5 Å². The molecule has 0 aliphatic carbocycles. The van der Waals surface area contributed by atoms with Crippen molar-refractivity contribution in [2.24, 2.45) is 5.73 Å². The number of carbonyl (C=O) groups excluding carboxylic acids is 1. The molecule has 0 aliphatic heterocycles. The summed E-state index contributed by atoms with van der Waals surface area (Å²) < 4.78 is 0. The Balaban J connectivity index is 3.26. The van der Waals surface area contributed by atoms with Crippen LogP contribution in [-0.4, -0.2) is 28.5 Å². The summed E-state index contributed by atoms with van der Waals surface area (Å²) in [5.41, 5.74) is 11.9. The van der Waals surface area contributed by atoms with Gasteiger partial charge in [0.1, 0.15) is 17.5 Å². The number of carbonyl (C=O) groups is 1. The van der Waals surface area contributed by atoms with Gasteiger partial charge in [0.2, 0.25) is 5.91 Å². The molecule has 0 radical (unpaired) electrons. The molecule has 1 rings (SSSR count). The van der Waals surface area contributed by atoms with Gasteiger partial charge in [-0.1, -0.05) is 6.92 Å². The Morgan fingerprint density at radius 1 is 1.39 bits per heavy atom. The van der Waals surface area contributed by atoms with Crippen LogP contribution in [0, 0.1) is 6.92 Å². The number of hydrogen-bond donors (Lipinski definition) is 2. The van der Waals surface area contributed by atoms with Crippen LogP contribution in [0.2, 0.25) is 0 Å². The molecular weight excluding hydrogens is 230 g/mol. The van der Waals surface area contributed by atoms with Gasteiger partial charge >= 0.3 is 0 Å². The van der Waals surface area contributed by atoms with Crippen molar-refractivity contribution < 1.29 is 4.79 Å². The van der Waals surface area contributed by atoms with Crippen LogP contribution in [0.1, 0.15) is 32.2 Å². The molecule has 0 aromatic carbocycles. The van der Waals surface area contributed by atoms with Crippen molar-refractivity contribution in [3.05, 3.63) is 11.4 Å². The molecule has 0 fully saturated rings. The van der Waals surface area contributed by atoms with E-state index in [1.54, 1.807) is 0 Å². The SMILES string of the molecule is CCc1nc(N)c(C)c(N(CC(N)=O)C(C)C)n1. The molecule has 0 unspecified atom stereocenters. The Morgan fingerprint density at radius 3 is 2.44 bits per heavy atom. The second kappa shape index (κ2) is 5.66. The Hall–Kier alpha value is -1.85. The molecule has 6 nitrogen and oxygen atoms in total. The van der Waals surface area contributed by atoms with Gasteiger partial charge in [0.05, 0.1) is 6.54 Å². The van der Waals surface area contributed by atoms with Crippen LogP contribution in [0.25, 0.3) is 0 Å². The maximum atomic E-state index is 11.1. The number of hydrogen-bond acceptors (Lipinski definition) is 5. The number of nitrogens with two attached hydrogens (primary N) is 2. The molecule has 0 atom stereocenters. The van der Waals surface area contributed by atoms with Gasteiger partial charge < -0.3 is 16.4 Å². The summed E-state index contributed by atoms with van der Waals surface area (Å²) >= 11 is 0. The summed E-state index contributed by atoms with van der Waals surface area (Å²) in [5, 5.41) is 0. The number of primary amides is 1. The molecule has 0 aliphatic rings. The van der Waals surface area contributed by atoms with E-state index in [1.165, 1.54) is 0 Å². The molecule has 0 saturated heterocycles. The standard InChI is InChI=1S/C12H21N5O/c1-5-10-15-11(14)8(4)12(16-10)17(7(2)3)6-9(13)18/h7H,5-6H2,1-4H3,(H2,13,18)(H2,14,15,16). The molecule has 4 N–H and O–H groups in total. The van der Waals surface area contributed by atoms with Crippen molar-refractivity contribution in [2.45, 2.75) is 40.2 Å². The van der Waals surface area contributed by atoms with E-state index < -0.39 is 5.91 Å². The first-order chi connectivity index (χ1) is 8.36. The average molecular weight is 251 g/mol. The fourth-order valence-corrected chi connectivity index (χ4v) is 1.68. The summed E-state index contributed by atoms with van der Waals surface area (Å²) in [7, 11) is 0.